The molecule has 28 heavy (non-hydrogen) atoms. The van der Waals surface area contributed by atoms with Crippen molar-refractivity contribution in [3.63, 3.8) is 0 Å². The number of rotatable bonds is 5. The van der Waals surface area contributed by atoms with E-state index in [1.54, 1.807) is 6.07 Å². The summed E-state index contributed by atoms with van der Waals surface area (Å²) < 4.78 is 6.61. The van der Waals surface area contributed by atoms with Gasteiger partial charge in [-0.3, -0.25) is 0 Å². The van der Waals surface area contributed by atoms with E-state index in [1.165, 1.54) is 0 Å². The van der Waals surface area contributed by atoms with E-state index in [1.807, 2.05) is 13.0 Å². The molecule has 2 rings (SSSR count). The Hall–Kier alpha value is -1.17. The van der Waals surface area contributed by atoms with E-state index in [4.69, 9.17) is 33.5 Å². The number of nitriles is 1. The molecule has 0 bridgehead atoms. The van der Waals surface area contributed by atoms with E-state index in [-0.39, 0.29) is 17.2 Å². The van der Waals surface area contributed by atoms with Gasteiger partial charge in [-0.25, -0.2) is 0 Å². The Morgan fingerprint density at radius 3 is 2.71 bits per heavy atom. The van der Waals surface area contributed by atoms with Crippen molar-refractivity contribution in [2.45, 2.75) is 64.4 Å². The molecule has 3 N–H and O–H groups in total. The fraction of sp³-hybridized carbons (Fsp3) is 0.600. The Kier molecular flexibility index (Phi) is 7.51. The molecule has 1 aliphatic rings. The highest BCUT2D eigenvalue weighted by atomic mass is 35.5. The molecule has 0 radical (unpaired) electrons. The van der Waals surface area contributed by atoms with Crippen LogP contribution in [0.2, 0.25) is 23.2 Å². The summed E-state index contributed by atoms with van der Waals surface area (Å²) in [5, 5.41) is 20.2. The van der Waals surface area contributed by atoms with Gasteiger partial charge in [-0.1, -0.05) is 32.4 Å². The standard InChI is InChI=1S/C20H31ClN4OSSi/c1-13-15(8-7-14(11-22)18(13)21)25-19(27)24-12-16-17(9-10-23-16)26-28(5,6)20(2,3)4/h7-8,16-17,23H,9-10,12H2,1-6H3,(H2,24,25,27)/t16-,17-/m1/s1. The maximum Gasteiger partial charge on any atom is 0.192 e. The van der Waals surface area contributed by atoms with Crippen LogP contribution in [0.5, 0.6) is 0 Å². The van der Waals surface area contributed by atoms with E-state index >= 15 is 0 Å². The summed E-state index contributed by atoms with van der Waals surface area (Å²) in [6.45, 7) is 14.9. The van der Waals surface area contributed by atoms with E-state index < -0.39 is 8.32 Å². The topological polar surface area (TPSA) is 69.1 Å². The Morgan fingerprint density at radius 2 is 2.11 bits per heavy atom. The molecule has 0 amide bonds. The van der Waals surface area contributed by atoms with Crippen LogP contribution in [0.4, 0.5) is 5.69 Å². The van der Waals surface area contributed by atoms with Crippen LogP contribution in [0.1, 0.15) is 38.3 Å². The van der Waals surface area contributed by atoms with E-state index in [0.717, 1.165) is 24.2 Å². The average molecular weight is 439 g/mol. The fourth-order valence-corrected chi connectivity index (χ4v) is 4.71. The summed E-state index contributed by atoms with van der Waals surface area (Å²) in [5.41, 5.74) is 2.07. The van der Waals surface area contributed by atoms with Gasteiger partial charge in [0.15, 0.2) is 13.4 Å². The second kappa shape index (κ2) is 9.10. The molecular formula is C20H31ClN4OSSi. The van der Waals surface area contributed by atoms with Crippen molar-refractivity contribution in [2.24, 2.45) is 0 Å². The van der Waals surface area contributed by atoms with Gasteiger partial charge in [-0.15, -0.1) is 0 Å². The monoisotopic (exact) mass is 438 g/mol. The molecule has 8 heteroatoms. The number of thiocarbonyl (C=S) groups is 1. The van der Waals surface area contributed by atoms with Crippen LogP contribution in [0, 0.1) is 18.3 Å². The first-order valence-electron chi connectivity index (χ1n) is 9.61. The molecule has 154 valence electrons. The summed E-state index contributed by atoms with van der Waals surface area (Å²) in [6.07, 6.45) is 1.21. The van der Waals surface area contributed by atoms with Gasteiger partial charge in [-0.2, -0.15) is 5.26 Å². The molecule has 1 fully saturated rings. The summed E-state index contributed by atoms with van der Waals surface area (Å²) in [4.78, 5) is 0. The minimum atomic E-state index is -1.81. The van der Waals surface area contributed by atoms with E-state index in [2.05, 4.69) is 55.9 Å². The predicted octanol–water partition coefficient (Wildman–Crippen LogP) is 4.56. The van der Waals surface area contributed by atoms with Crippen LogP contribution in [-0.4, -0.2) is 38.7 Å². The van der Waals surface area contributed by atoms with Crippen molar-refractivity contribution < 1.29 is 4.43 Å². The Bertz CT molecular complexity index is 773. The van der Waals surface area contributed by atoms with Gasteiger partial charge in [0.2, 0.25) is 0 Å². The summed E-state index contributed by atoms with van der Waals surface area (Å²) in [7, 11) is -1.81. The molecule has 5 nitrogen and oxygen atoms in total. The first kappa shape index (κ1) is 23.1. The second-order valence-electron chi connectivity index (χ2n) is 8.81. The minimum absolute atomic E-state index is 0.191. The molecule has 2 atom stereocenters. The molecule has 0 unspecified atom stereocenters. The van der Waals surface area contributed by atoms with Crippen molar-refractivity contribution >= 4 is 42.9 Å². The van der Waals surface area contributed by atoms with Gasteiger partial charge >= 0.3 is 0 Å². The quantitative estimate of drug-likeness (QED) is 0.462. The SMILES string of the molecule is Cc1c(NC(=S)NC[C@H]2NCC[C@H]2O[Si](C)(C)C(C)(C)C)ccc(C#N)c1Cl. The highest BCUT2D eigenvalue weighted by molar-refractivity contribution is 7.80. The van der Waals surface area contributed by atoms with Gasteiger partial charge in [-0.05, 0) is 67.9 Å². The van der Waals surface area contributed by atoms with Gasteiger partial charge in [0.05, 0.1) is 16.7 Å². The largest absolute Gasteiger partial charge is 0.412 e. The number of nitrogens with one attached hydrogen (secondary N) is 3. The van der Waals surface area contributed by atoms with Crippen LogP contribution < -0.4 is 16.0 Å². The predicted molar refractivity (Wildman–Crippen MR) is 124 cm³/mol. The lowest BCUT2D eigenvalue weighted by molar-refractivity contribution is 0.166. The third-order valence-electron chi connectivity index (χ3n) is 5.77. The van der Waals surface area contributed by atoms with Crippen LogP contribution in [0.25, 0.3) is 0 Å². The number of anilines is 1. The first-order valence-corrected chi connectivity index (χ1v) is 13.3. The second-order valence-corrected chi connectivity index (χ2v) is 14.4. The molecule has 0 saturated carbocycles. The molecule has 0 aliphatic carbocycles. The van der Waals surface area contributed by atoms with Crippen molar-refractivity contribution in [3.05, 3.63) is 28.3 Å². The summed E-state index contributed by atoms with van der Waals surface area (Å²) in [5.74, 6) is 0. The van der Waals surface area contributed by atoms with Crippen molar-refractivity contribution in [1.29, 1.82) is 5.26 Å². The van der Waals surface area contributed by atoms with Crippen molar-refractivity contribution in [2.75, 3.05) is 18.4 Å². The zero-order valence-corrected chi connectivity index (χ0v) is 20.1. The number of hydrogen-bond acceptors (Lipinski definition) is 4. The Labute approximate surface area is 180 Å². The molecule has 0 spiro atoms. The normalized spacial score (nSPS) is 19.9. The lowest BCUT2D eigenvalue weighted by Gasteiger charge is -2.39. The van der Waals surface area contributed by atoms with Crippen LogP contribution in [0.15, 0.2) is 12.1 Å². The molecule has 1 aromatic rings. The smallest absolute Gasteiger partial charge is 0.192 e. The van der Waals surface area contributed by atoms with E-state index in [9.17, 15) is 0 Å². The fourth-order valence-electron chi connectivity index (χ4n) is 2.92. The summed E-state index contributed by atoms with van der Waals surface area (Å²) >= 11 is 11.7. The van der Waals surface area contributed by atoms with Gasteiger partial charge in [0, 0.05) is 18.3 Å². The zero-order chi connectivity index (χ0) is 21.1. The van der Waals surface area contributed by atoms with Crippen molar-refractivity contribution in [3.8, 4) is 6.07 Å². The highest BCUT2D eigenvalue weighted by Crippen LogP contribution is 2.38. The van der Waals surface area contributed by atoms with Gasteiger partial charge < -0.3 is 20.4 Å². The highest BCUT2D eigenvalue weighted by Gasteiger charge is 2.41. The van der Waals surface area contributed by atoms with Crippen LogP contribution in [0.3, 0.4) is 0 Å². The number of hydrogen-bond donors (Lipinski definition) is 3. The Morgan fingerprint density at radius 1 is 1.43 bits per heavy atom. The molecule has 1 aromatic carbocycles. The third kappa shape index (κ3) is 5.46. The van der Waals surface area contributed by atoms with Crippen LogP contribution in [-0.2, 0) is 4.43 Å². The molecular weight excluding hydrogens is 408 g/mol. The van der Waals surface area contributed by atoms with E-state index in [0.29, 0.717) is 22.2 Å². The average Bonchev–Trinajstić information content (AvgIpc) is 3.03. The van der Waals surface area contributed by atoms with Gasteiger partial charge in [0.25, 0.3) is 0 Å². The number of benzene rings is 1. The minimum Gasteiger partial charge on any atom is -0.412 e. The maximum absolute atomic E-state index is 9.07. The van der Waals surface area contributed by atoms with Crippen molar-refractivity contribution in [1.82, 2.24) is 10.6 Å². The number of nitrogens with zero attached hydrogens (tertiary/aromatic N) is 1. The molecule has 0 aromatic heterocycles. The Balaban J connectivity index is 1.94. The third-order valence-corrected chi connectivity index (χ3v) is 11.0. The first-order chi connectivity index (χ1) is 13.0. The molecule has 1 aliphatic heterocycles. The lowest BCUT2D eigenvalue weighted by Crippen LogP contribution is -2.50. The lowest BCUT2D eigenvalue weighted by atomic mass is 10.1. The zero-order valence-electron chi connectivity index (χ0n) is 17.6. The maximum atomic E-state index is 9.07. The van der Waals surface area contributed by atoms with Gasteiger partial charge in [0.1, 0.15) is 6.07 Å². The summed E-state index contributed by atoms with van der Waals surface area (Å²) in [6, 6.07) is 5.83. The number of halogens is 1. The molecule has 1 heterocycles. The molecule has 1 saturated heterocycles. The van der Waals surface area contributed by atoms with Crippen LogP contribution >= 0.6 is 23.8 Å².